The van der Waals surface area contributed by atoms with Crippen LogP contribution in [0.2, 0.25) is 0 Å². The topological polar surface area (TPSA) is 63.4 Å². The number of amides is 2. The number of fused-ring (bicyclic) bond motifs is 1. The standard InChI is InChI=1S/C11H12N2O2/c1-7(12)6-13-10(14)8-4-2-3-5-9(8)11(13)15/h2-5,7H,6,12H2,1H3/t7-/m0/s1. The van der Waals surface area contributed by atoms with Crippen LogP contribution in [0, 0.1) is 0 Å². The third kappa shape index (κ3) is 1.53. The SMILES string of the molecule is C[C@H](N)CN1C(=O)c2ccccc2C1=O. The zero-order valence-corrected chi connectivity index (χ0v) is 8.43. The van der Waals surface area contributed by atoms with Crippen LogP contribution in [-0.4, -0.2) is 29.3 Å². The molecule has 1 heterocycles. The highest BCUT2D eigenvalue weighted by Crippen LogP contribution is 2.22. The Labute approximate surface area is 87.7 Å². The second-order valence-corrected chi connectivity index (χ2v) is 3.74. The fraction of sp³-hybridized carbons (Fsp3) is 0.273. The van der Waals surface area contributed by atoms with Crippen LogP contribution in [-0.2, 0) is 0 Å². The van der Waals surface area contributed by atoms with E-state index in [0.717, 1.165) is 0 Å². The number of nitrogens with two attached hydrogens (primary N) is 1. The quantitative estimate of drug-likeness (QED) is 0.718. The van der Waals surface area contributed by atoms with Crippen molar-refractivity contribution in [3.8, 4) is 0 Å². The first kappa shape index (κ1) is 9.86. The maximum atomic E-state index is 11.8. The monoisotopic (exact) mass is 204 g/mol. The molecule has 0 spiro atoms. The zero-order chi connectivity index (χ0) is 11.0. The molecule has 1 aliphatic heterocycles. The molecule has 0 fully saturated rings. The first-order chi connectivity index (χ1) is 7.11. The number of carbonyl (C=O) groups excluding carboxylic acids is 2. The smallest absolute Gasteiger partial charge is 0.261 e. The Hall–Kier alpha value is -1.68. The minimum absolute atomic E-state index is 0.202. The van der Waals surface area contributed by atoms with Crippen molar-refractivity contribution in [2.24, 2.45) is 5.73 Å². The van der Waals surface area contributed by atoms with Crippen LogP contribution in [0.4, 0.5) is 0 Å². The fourth-order valence-electron chi connectivity index (χ4n) is 1.69. The zero-order valence-electron chi connectivity index (χ0n) is 8.43. The van der Waals surface area contributed by atoms with Crippen LogP contribution < -0.4 is 5.73 Å². The van der Waals surface area contributed by atoms with E-state index in [-0.39, 0.29) is 24.4 Å². The van der Waals surface area contributed by atoms with Crippen molar-refractivity contribution in [2.45, 2.75) is 13.0 Å². The summed E-state index contributed by atoms with van der Waals surface area (Å²) in [6.45, 7) is 2.04. The van der Waals surface area contributed by atoms with E-state index >= 15 is 0 Å². The van der Waals surface area contributed by atoms with Crippen LogP contribution in [0.25, 0.3) is 0 Å². The van der Waals surface area contributed by atoms with Crippen LogP contribution in [0.3, 0.4) is 0 Å². The summed E-state index contributed by atoms with van der Waals surface area (Å²) < 4.78 is 0. The highest BCUT2D eigenvalue weighted by Gasteiger charge is 2.35. The first-order valence-electron chi connectivity index (χ1n) is 4.82. The Bertz CT molecular complexity index is 391. The van der Waals surface area contributed by atoms with Crippen molar-refractivity contribution >= 4 is 11.8 Å². The molecule has 0 saturated carbocycles. The molecular weight excluding hydrogens is 192 g/mol. The molecule has 0 saturated heterocycles. The molecule has 0 aromatic heterocycles. The second-order valence-electron chi connectivity index (χ2n) is 3.74. The Morgan fingerprint density at radius 3 is 2.07 bits per heavy atom. The van der Waals surface area contributed by atoms with E-state index in [1.807, 2.05) is 0 Å². The maximum Gasteiger partial charge on any atom is 0.261 e. The molecule has 0 radical (unpaired) electrons. The van der Waals surface area contributed by atoms with Crippen molar-refractivity contribution in [1.29, 1.82) is 0 Å². The molecule has 78 valence electrons. The molecule has 15 heavy (non-hydrogen) atoms. The Balaban J connectivity index is 2.37. The van der Waals surface area contributed by atoms with Crippen LogP contribution in [0.15, 0.2) is 24.3 Å². The Morgan fingerprint density at radius 1 is 1.20 bits per heavy atom. The molecule has 0 bridgehead atoms. The lowest BCUT2D eigenvalue weighted by molar-refractivity contribution is 0.0647. The number of carbonyl (C=O) groups is 2. The van der Waals surface area contributed by atoms with Crippen LogP contribution in [0.5, 0.6) is 0 Å². The first-order valence-corrected chi connectivity index (χ1v) is 4.82. The van der Waals surface area contributed by atoms with Gasteiger partial charge >= 0.3 is 0 Å². The predicted octanol–water partition coefficient (Wildman–Crippen LogP) is 0.630. The van der Waals surface area contributed by atoms with Gasteiger partial charge in [-0.3, -0.25) is 14.5 Å². The van der Waals surface area contributed by atoms with Crippen molar-refractivity contribution in [1.82, 2.24) is 4.90 Å². The molecule has 1 aromatic rings. The summed E-state index contributed by atoms with van der Waals surface area (Å²) >= 11 is 0. The molecule has 1 aromatic carbocycles. The van der Waals surface area contributed by atoms with Gasteiger partial charge in [-0.2, -0.15) is 0 Å². The van der Waals surface area contributed by atoms with Crippen molar-refractivity contribution in [2.75, 3.05) is 6.54 Å². The van der Waals surface area contributed by atoms with E-state index in [1.165, 1.54) is 4.90 Å². The lowest BCUT2D eigenvalue weighted by Gasteiger charge is -2.15. The average molecular weight is 204 g/mol. The van der Waals surface area contributed by atoms with Crippen molar-refractivity contribution in [3.05, 3.63) is 35.4 Å². The fourth-order valence-corrected chi connectivity index (χ4v) is 1.69. The van der Waals surface area contributed by atoms with Gasteiger partial charge in [0.1, 0.15) is 0 Å². The third-order valence-corrected chi connectivity index (χ3v) is 2.35. The molecule has 2 N–H and O–H groups in total. The molecule has 0 aliphatic carbocycles. The molecule has 4 nitrogen and oxygen atoms in total. The van der Waals surface area contributed by atoms with Gasteiger partial charge in [0.15, 0.2) is 0 Å². The molecule has 0 unspecified atom stereocenters. The second kappa shape index (κ2) is 3.47. The highest BCUT2D eigenvalue weighted by atomic mass is 16.2. The average Bonchev–Trinajstić information content (AvgIpc) is 2.44. The van der Waals surface area contributed by atoms with E-state index in [9.17, 15) is 9.59 Å². The summed E-state index contributed by atoms with van der Waals surface area (Å²) in [5.41, 5.74) is 6.54. The van der Waals surface area contributed by atoms with Gasteiger partial charge < -0.3 is 5.73 Å². The summed E-state index contributed by atoms with van der Waals surface area (Å²) in [7, 11) is 0. The van der Waals surface area contributed by atoms with E-state index in [2.05, 4.69) is 0 Å². The summed E-state index contributed by atoms with van der Waals surface area (Å²) in [6, 6.07) is 6.62. The molecule has 1 atom stereocenters. The van der Waals surface area contributed by atoms with E-state index < -0.39 is 0 Å². The number of imide groups is 1. The summed E-state index contributed by atoms with van der Waals surface area (Å²) in [5, 5.41) is 0. The molecule has 4 heteroatoms. The Kier molecular flexibility index (Phi) is 2.28. The normalized spacial score (nSPS) is 16.8. The molecule has 2 rings (SSSR count). The number of hydrogen-bond donors (Lipinski definition) is 1. The van der Waals surface area contributed by atoms with Gasteiger partial charge in [0.25, 0.3) is 11.8 Å². The largest absolute Gasteiger partial charge is 0.326 e. The van der Waals surface area contributed by atoms with Crippen molar-refractivity contribution in [3.63, 3.8) is 0 Å². The minimum Gasteiger partial charge on any atom is -0.326 e. The predicted molar refractivity (Wildman–Crippen MR) is 55.5 cm³/mol. The number of nitrogens with zero attached hydrogens (tertiary/aromatic N) is 1. The van der Waals surface area contributed by atoms with Gasteiger partial charge in [-0.1, -0.05) is 12.1 Å². The highest BCUT2D eigenvalue weighted by molar-refractivity contribution is 6.21. The lowest BCUT2D eigenvalue weighted by atomic mass is 10.1. The number of hydrogen-bond acceptors (Lipinski definition) is 3. The van der Waals surface area contributed by atoms with E-state index in [0.29, 0.717) is 11.1 Å². The number of rotatable bonds is 2. The summed E-state index contributed by atoms with van der Waals surface area (Å²) in [5.74, 6) is -0.485. The van der Waals surface area contributed by atoms with E-state index in [1.54, 1.807) is 31.2 Å². The number of benzene rings is 1. The van der Waals surface area contributed by atoms with Crippen LogP contribution >= 0.6 is 0 Å². The van der Waals surface area contributed by atoms with Gasteiger partial charge in [0.2, 0.25) is 0 Å². The summed E-state index contributed by atoms with van der Waals surface area (Å²) in [4.78, 5) is 24.8. The maximum absolute atomic E-state index is 11.8. The molecular formula is C11H12N2O2. The lowest BCUT2D eigenvalue weighted by Crippen LogP contribution is -2.39. The third-order valence-electron chi connectivity index (χ3n) is 2.35. The summed E-state index contributed by atoms with van der Waals surface area (Å²) in [6.07, 6.45) is 0. The minimum atomic E-state index is -0.243. The van der Waals surface area contributed by atoms with Gasteiger partial charge in [-0.15, -0.1) is 0 Å². The van der Waals surface area contributed by atoms with Crippen LogP contribution in [0.1, 0.15) is 27.6 Å². The van der Waals surface area contributed by atoms with Gasteiger partial charge in [-0.25, -0.2) is 0 Å². The molecule has 1 aliphatic rings. The van der Waals surface area contributed by atoms with E-state index in [4.69, 9.17) is 5.73 Å². The molecule has 2 amide bonds. The van der Waals surface area contributed by atoms with Crippen molar-refractivity contribution < 1.29 is 9.59 Å². The van der Waals surface area contributed by atoms with Gasteiger partial charge in [-0.05, 0) is 19.1 Å². The Morgan fingerprint density at radius 2 is 1.67 bits per heavy atom. The van der Waals surface area contributed by atoms with Gasteiger partial charge in [0, 0.05) is 12.6 Å². The van der Waals surface area contributed by atoms with Gasteiger partial charge in [0.05, 0.1) is 11.1 Å².